The van der Waals surface area contributed by atoms with Gasteiger partial charge in [0.25, 0.3) is 0 Å². The highest BCUT2D eigenvalue weighted by molar-refractivity contribution is 5.88. The van der Waals surface area contributed by atoms with Crippen LogP contribution in [0.4, 0.5) is 0 Å². The van der Waals surface area contributed by atoms with Crippen LogP contribution in [0.25, 0.3) is 10.8 Å². The Bertz CT molecular complexity index is 589. The first-order chi connectivity index (χ1) is 8.25. The molecule has 0 saturated heterocycles. The number of carboxylic acids is 1. The summed E-state index contributed by atoms with van der Waals surface area (Å²) >= 11 is 0. The summed E-state index contributed by atoms with van der Waals surface area (Å²) in [6.45, 7) is 0.475. The lowest BCUT2D eigenvalue weighted by Crippen LogP contribution is -2.20. The van der Waals surface area contributed by atoms with E-state index in [0.717, 1.165) is 16.3 Å². The highest BCUT2D eigenvalue weighted by Gasteiger charge is 2.27. The van der Waals surface area contributed by atoms with Gasteiger partial charge < -0.3 is 9.84 Å². The second-order valence-electron chi connectivity index (χ2n) is 4.27. The number of hydrogen-bond donors (Lipinski definition) is 1. The molecule has 0 aliphatic carbocycles. The monoisotopic (exact) mass is 228 g/mol. The standard InChI is InChI=1S/C14H12O3/c15-14(16)11-5-6-17-13-8-10-4-2-1-3-9(10)7-12(11)13/h1-4,7-8,11H,5-6H2,(H,15,16). The Morgan fingerprint density at radius 1 is 1.24 bits per heavy atom. The normalized spacial score (nSPS) is 18.5. The molecule has 3 nitrogen and oxygen atoms in total. The predicted molar refractivity (Wildman–Crippen MR) is 64.4 cm³/mol. The molecule has 1 atom stereocenters. The number of carbonyl (C=O) groups is 1. The number of benzene rings is 2. The molecule has 1 unspecified atom stereocenters. The number of rotatable bonds is 1. The smallest absolute Gasteiger partial charge is 0.311 e. The van der Waals surface area contributed by atoms with Crippen LogP contribution >= 0.6 is 0 Å². The molecule has 0 saturated carbocycles. The molecule has 3 rings (SSSR count). The summed E-state index contributed by atoms with van der Waals surface area (Å²) < 4.78 is 5.55. The van der Waals surface area contributed by atoms with E-state index in [-0.39, 0.29) is 0 Å². The SMILES string of the molecule is O=C(O)C1CCOc2cc3ccccc3cc21. The minimum Gasteiger partial charge on any atom is -0.493 e. The second kappa shape index (κ2) is 3.77. The fraction of sp³-hybridized carbons (Fsp3) is 0.214. The summed E-state index contributed by atoms with van der Waals surface area (Å²) in [6, 6.07) is 11.8. The van der Waals surface area contributed by atoms with Crippen LogP contribution < -0.4 is 4.74 Å². The van der Waals surface area contributed by atoms with Crippen molar-refractivity contribution in [1.82, 2.24) is 0 Å². The van der Waals surface area contributed by atoms with Gasteiger partial charge in [0.2, 0.25) is 0 Å². The molecule has 1 aliphatic heterocycles. The minimum absolute atomic E-state index is 0.441. The van der Waals surface area contributed by atoms with Gasteiger partial charge in [-0.25, -0.2) is 0 Å². The molecule has 0 bridgehead atoms. The Morgan fingerprint density at radius 3 is 2.65 bits per heavy atom. The van der Waals surface area contributed by atoms with E-state index in [1.54, 1.807) is 0 Å². The largest absolute Gasteiger partial charge is 0.493 e. The van der Waals surface area contributed by atoms with Crippen LogP contribution in [0.2, 0.25) is 0 Å². The van der Waals surface area contributed by atoms with Gasteiger partial charge in [-0.2, -0.15) is 0 Å². The quantitative estimate of drug-likeness (QED) is 0.816. The summed E-state index contributed by atoms with van der Waals surface area (Å²) in [5.74, 6) is -0.504. The maximum Gasteiger partial charge on any atom is 0.311 e. The molecule has 86 valence electrons. The molecule has 2 aromatic carbocycles. The van der Waals surface area contributed by atoms with E-state index in [1.165, 1.54) is 0 Å². The summed E-state index contributed by atoms with van der Waals surface area (Å²) in [5.41, 5.74) is 0.794. The highest BCUT2D eigenvalue weighted by Crippen LogP contribution is 2.36. The van der Waals surface area contributed by atoms with Gasteiger partial charge in [-0.1, -0.05) is 24.3 Å². The predicted octanol–water partition coefficient (Wildman–Crippen LogP) is 2.79. The second-order valence-corrected chi connectivity index (χ2v) is 4.27. The first-order valence-electron chi connectivity index (χ1n) is 5.64. The van der Waals surface area contributed by atoms with Gasteiger partial charge in [0.1, 0.15) is 5.75 Å². The van der Waals surface area contributed by atoms with Gasteiger partial charge in [0.15, 0.2) is 0 Å². The zero-order valence-electron chi connectivity index (χ0n) is 9.22. The van der Waals surface area contributed by atoms with E-state index < -0.39 is 11.9 Å². The Labute approximate surface area is 98.6 Å². The fourth-order valence-electron chi connectivity index (χ4n) is 2.33. The molecule has 3 heteroatoms. The zero-order valence-corrected chi connectivity index (χ0v) is 9.22. The maximum atomic E-state index is 11.2. The molecule has 0 amide bonds. The minimum atomic E-state index is -0.773. The van der Waals surface area contributed by atoms with Crippen LogP contribution in [0.5, 0.6) is 5.75 Å². The number of fused-ring (bicyclic) bond motifs is 2. The first-order valence-corrected chi connectivity index (χ1v) is 5.64. The van der Waals surface area contributed by atoms with E-state index in [2.05, 4.69) is 0 Å². The van der Waals surface area contributed by atoms with Gasteiger partial charge >= 0.3 is 5.97 Å². The van der Waals surface area contributed by atoms with Crippen LogP contribution in [0, 0.1) is 0 Å². The molecule has 0 radical (unpaired) electrons. The number of carboxylic acid groups (broad SMARTS) is 1. The Hall–Kier alpha value is -2.03. The van der Waals surface area contributed by atoms with Gasteiger partial charge in [-0.15, -0.1) is 0 Å². The third-order valence-corrected chi connectivity index (χ3v) is 3.22. The molecule has 1 N–H and O–H groups in total. The van der Waals surface area contributed by atoms with Crippen molar-refractivity contribution >= 4 is 16.7 Å². The van der Waals surface area contributed by atoms with Crippen molar-refractivity contribution in [2.75, 3.05) is 6.61 Å². The van der Waals surface area contributed by atoms with Crippen molar-refractivity contribution in [2.45, 2.75) is 12.3 Å². The molecule has 0 aromatic heterocycles. The average molecular weight is 228 g/mol. The van der Waals surface area contributed by atoms with Crippen molar-refractivity contribution in [3.05, 3.63) is 42.0 Å². The van der Waals surface area contributed by atoms with Gasteiger partial charge in [0, 0.05) is 5.56 Å². The van der Waals surface area contributed by atoms with Crippen LogP contribution in [0.3, 0.4) is 0 Å². The highest BCUT2D eigenvalue weighted by atomic mass is 16.5. The van der Waals surface area contributed by atoms with E-state index in [4.69, 9.17) is 4.74 Å². The van der Waals surface area contributed by atoms with Gasteiger partial charge in [-0.3, -0.25) is 4.79 Å². The Morgan fingerprint density at radius 2 is 1.94 bits per heavy atom. The van der Waals surface area contributed by atoms with Crippen LogP contribution in [0.1, 0.15) is 17.9 Å². The topological polar surface area (TPSA) is 46.5 Å². The molecule has 1 aliphatic rings. The van der Waals surface area contributed by atoms with Crippen molar-refractivity contribution in [3.63, 3.8) is 0 Å². The average Bonchev–Trinajstić information content (AvgIpc) is 2.35. The number of aliphatic carboxylic acids is 1. The van der Waals surface area contributed by atoms with Crippen molar-refractivity contribution < 1.29 is 14.6 Å². The van der Waals surface area contributed by atoms with Gasteiger partial charge in [-0.05, 0) is 29.3 Å². The Balaban J connectivity index is 2.22. The lowest BCUT2D eigenvalue weighted by Gasteiger charge is -2.23. The number of ether oxygens (including phenoxy) is 1. The van der Waals surface area contributed by atoms with E-state index in [1.807, 2.05) is 36.4 Å². The fourth-order valence-corrected chi connectivity index (χ4v) is 2.33. The first kappa shape index (κ1) is 10.1. The molecular formula is C14H12O3. The Kier molecular flexibility index (Phi) is 2.25. The lowest BCUT2D eigenvalue weighted by molar-refractivity contribution is -0.139. The molecule has 1 heterocycles. The summed E-state index contributed by atoms with van der Waals surface area (Å²) in [5, 5.41) is 11.3. The van der Waals surface area contributed by atoms with Crippen molar-refractivity contribution in [1.29, 1.82) is 0 Å². The summed E-state index contributed by atoms with van der Waals surface area (Å²) in [4.78, 5) is 11.2. The molecule has 17 heavy (non-hydrogen) atoms. The van der Waals surface area contributed by atoms with Crippen LogP contribution in [-0.2, 0) is 4.79 Å². The van der Waals surface area contributed by atoms with Crippen LogP contribution in [0.15, 0.2) is 36.4 Å². The van der Waals surface area contributed by atoms with Gasteiger partial charge in [0.05, 0.1) is 12.5 Å². The zero-order chi connectivity index (χ0) is 11.8. The third-order valence-electron chi connectivity index (χ3n) is 3.22. The maximum absolute atomic E-state index is 11.2. The molecular weight excluding hydrogens is 216 g/mol. The molecule has 0 spiro atoms. The third kappa shape index (κ3) is 1.64. The van der Waals surface area contributed by atoms with E-state index in [9.17, 15) is 9.90 Å². The molecule has 0 fully saturated rings. The van der Waals surface area contributed by atoms with Crippen molar-refractivity contribution in [2.24, 2.45) is 0 Å². The van der Waals surface area contributed by atoms with E-state index >= 15 is 0 Å². The van der Waals surface area contributed by atoms with E-state index in [0.29, 0.717) is 18.8 Å². The summed E-state index contributed by atoms with van der Waals surface area (Å²) in [7, 11) is 0. The summed E-state index contributed by atoms with van der Waals surface area (Å²) in [6.07, 6.45) is 0.542. The lowest BCUT2D eigenvalue weighted by atomic mass is 9.91. The van der Waals surface area contributed by atoms with Crippen LogP contribution in [-0.4, -0.2) is 17.7 Å². The van der Waals surface area contributed by atoms with Crippen molar-refractivity contribution in [3.8, 4) is 5.75 Å². The molecule has 2 aromatic rings. The number of hydrogen-bond acceptors (Lipinski definition) is 2.